The first-order valence-electron chi connectivity index (χ1n) is 10.3. The Morgan fingerprint density at radius 2 is 1.96 bits per heavy atom. The number of fused-ring (bicyclic) bond motifs is 3. The minimum Gasteiger partial charge on any atom is -0.310 e. The standard InChI is InChI=1S/C22H34N2O/c1-5-8-9-19-21(16(4)6-2)17(7-3)14-24(22(19)25)20-15-23-12-10-18(20)11-13-23/h9,14,18,20H,5-8,10-13,15H2,1-4H3/b19-9+,21-16+. The van der Waals surface area contributed by atoms with Crippen molar-refractivity contribution in [1.82, 2.24) is 9.47 Å². The lowest BCUT2D eigenvalue weighted by Gasteiger charge is -2.45. The van der Waals surface area contributed by atoms with Crippen LogP contribution < -0.4 is 16.0 Å². The van der Waals surface area contributed by atoms with Gasteiger partial charge < -0.3 is 9.47 Å². The molecule has 3 fully saturated rings. The zero-order valence-electron chi connectivity index (χ0n) is 16.5. The number of hydrogen-bond acceptors (Lipinski definition) is 2. The molecular weight excluding hydrogens is 308 g/mol. The van der Waals surface area contributed by atoms with Crippen LogP contribution in [-0.2, 0) is 6.42 Å². The van der Waals surface area contributed by atoms with Gasteiger partial charge in [-0.15, -0.1) is 0 Å². The number of aryl methyl sites for hydroxylation is 1. The second kappa shape index (κ2) is 7.90. The number of nitrogens with zero attached hydrogens (tertiary/aromatic N) is 2. The molecule has 0 spiro atoms. The molecule has 0 amide bonds. The van der Waals surface area contributed by atoms with Gasteiger partial charge in [0.25, 0.3) is 5.56 Å². The van der Waals surface area contributed by atoms with Gasteiger partial charge in [-0.05, 0) is 68.8 Å². The summed E-state index contributed by atoms with van der Waals surface area (Å²) >= 11 is 0. The third-order valence-electron chi connectivity index (χ3n) is 6.30. The van der Waals surface area contributed by atoms with Crippen molar-refractivity contribution in [3.8, 4) is 0 Å². The molecule has 0 N–H and O–H groups in total. The summed E-state index contributed by atoms with van der Waals surface area (Å²) in [6, 6.07) is 0.366. The molecule has 138 valence electrons. The van der Waals surface area contributed by atoms with Gasteiger partial charge in [-0.3, -0.25) is 4.79 Å². The first-order valence-corrected chi connectivity index (χ1v) is 10.3. The van der Waals surface area contributed by atoms with E-state index in [2.05, 4.69) is 49.4 Å². The Kier molecular flexibility index (Phi) is 5.83. The Labute approximate surface area is 152 Å². The van der Waals surface area contributed by atoms with E-state index in [1.54, 1.807) is 0 Å². The fraction of sp³-hybridized carbons (Fsp3) is 0.682. The summed E-state index contributed by atoms with van der Waals surface area (Å²) in [4.78, 5) is 16.0. The number of unbranched alkanes of at least 4 members (excludes halogenated alkanes) is 1. The fourth-order valence-electron chi connectivity index (χ4n) is 4.63. The van der Waals surface area contributed by atoms with Crippen molar-refractivity contribution in [3.05, 3.63) is 32.6 Å². The molecule has 0 aromatic carbocycles. The molecule has 3 heteroatoms. The highest BCUT2D eigenvalue weighted by Crippen LogP contribution is 2.34. The van der Waals surface area contributed by atoms with E-state index in [1.165, 1.54) is 42.3 Å². The lowest BCUT2D eigenvalue weighted by Crippen LogP contribution is -2.54. The van der Waals surface area contributed by atoms with Gasteiger partial charge in [0.05, 0.1) is 6.04 Å². The van der Waals surface area contributed by atoms with Crippen LogP contribution >= 0.6 is 0 Å². The average Bonchev–Trinajstić information content (AvgIpc) is 2.66. The normalized spacial score (nSPS) is 27.7. The van der Waals surface area contributed by atoms with Crippen LogP contribution in [0.5, 0.6) is 0 Å². The van der Waals surface area contributed by atoms with E-state index >= 15 is 0 Å². The molecule has 3 nitrogen and oxygen atoms in total. The van der Waals surface area contributed by atoms with Crippen molar-refractivity contribution in [1.29, 1.82) is 0 Å². The number of hydrogen-bond donors (Lipinski definition) is 0. The average molecular weight is 343 g/mol. The van der Waals surface area contributed by atoms with Crippen molar-refractivity contribution >= 4 is 11.6 Å². The number of rotatable bonds is 5. The Hall–Kier alpha value is -1.35. The van der Waals surface area contributed by atoms with Crippen LogP contribution in [0, 0.1) is 5.92 Å². The van der Waals surface area contributed by atoms with Crippen LogP contribution in [0.1, 0.15) is 71.4 Å². The van der Waals surface area contributed by atoms with Crippen molar-refractivity contribution in [3.63, 3.8) is 0 Å². The third kappa shape index (κ3) is 3.48. The molecule has 3 saturated heterocycles. The zero-order valence-corrected chi connectivity index (χ0v) is 16.5. The van der Waals surface area contributed by atoms with Gasteiger partial charge in [0.15, 0.2) is 0 Å². The summed E-state index contributed by atoms with van der Waals surface area (Å²) in [6.45, 7) is 12.3. The van der Waals surface area contributed by atoms with Crippen molar-refractivity contribution in [2.45, 2.75) is 72.3 Å². The number of aromatic nitrogens is 1. The van der Waals surface area contributed by atoms with E-state index in [1.807, 2.05) is 0 Å². The van der Waals surface area contributed by atoms with Gasteiger partial charge >= 0.3 is 0 Å². The van der Waals surface area contributed by atoms with Crippen molar-refractivity contribution in [2.75, 3.05) is 19.6 Å². The number of pyridine rings is 1. The van der Waals surface area contributed by atoms with E-state index in [0.717, 1.165) is 37.4 Å². The Morgan fingerprint density at radius 3 is 2.48 bits per heavy atom. The summed E-state index contributed by atoms with van der Waals surface area (Å²) in [5.41, 5.74) is 2.93. The highest BCUT2D eigenvalue weighted by atomic mass is 16.1. The molecule has 0 radical (unpaired) electrons. The second-order valence-corrected chi connectivity index (χ2v) is 7.84. The van der Waals surface area contributed by atoms with Crippen molar-refractivity contribution < 1.29 is 0 Å². The number of piperidine rings is 3. The third-order valence-corrected chi connectivity index (χ3v) is 6.30. The molecule has 25 heavy (non-hydrogen) atoms. The fourth-order valence-corrected chi connectivity index (χ4v) is 4.63. The van der Waals surface area contributed by atoms with Gasteiger partial charge in [0.1, 0.15) is 0 Å². The Morgan fingerprint density at radius 1 is 1.24 bits per heavy atom. The molecule has 0 aliphatic carbocycles. The largest absolute Gasteiger partial charge is 0.310 e. The van der Waals surface area contributed by atoms with E-state index in [0.29, 0.717) is 12.0 Å². The van der Waals surface area contributed by atoms with Crippen molar-refractivity contribution in [2.24, 2.45) is 5.92 Å². The van der Waals surface area contributed by atoms with Gasteiger partial charge in [-0.1, -0.05) is 38.8 Å². The van der Waals surface area contributed by atoms with E-state index in [4.69, 9.17) is 0 Å². The van der Waals surface area contributed by atoms with Gasteiger partial charge in [-0.2, -0.15) is 0 Å². The summed E-state index contributed by atoms with van der Waals surface area (Å²) in [5.74, 6) is 0.675. The monoisotopic (exact) mass is 342 g/mol. The van der Waals surface area contributed by atoms with Crippen LogP contribution in [0.4, 0.5) is 0 Å². The van der Waals surface area contributed by atoms with Gasteiger partial charge in [0.2, 0.25) is 0 Å². The molecule has 2 bridgehead atoms. The second-order valence-electron chi connectivity index (χ2n) is 7.84. The molecule has 3 aliphatic heterocycles. The SMILES string of the molecule is CCC/C=c1/c(=O)n(C2CN3CCC2CC3)cc(CC)/c1=C(/C)CC. The molecule has 1 unspecified atom stereocenters. The van der Waals surface area contributed by atoms with Crippen LogP contribution in [0.15, 0.2) is 11.0 Å². The molecule has 4 rings (SSSR count). The Bertz CT molecular complexity index is 781. The maximum absolute atomic E-state index is 13.5. The summed E-state index contributed by atoms with van der Waals surface area (Å²) < 4.78 is 2.11. The molecule has 1 aromatic heterocycles. The molecule has 3 aliphatic rings. The van der Waals surface area contributed by atoms with Crippen LogP contribution in [0.3, 0.4) is 0 Å². The maximum atomic E-state index is 13.5. The van der Waals surface area contributed by atoms with E-state index in [-0.39, 0.29) is 5.56 Å². The smallest absolute Gasteiger partial charge is 0.258 e. The van der Waals surface area contributed by atoms with Crippen LogP contribution in [0.25, 0.3) is 11.6 Å². The molecule has 4 heterocycles. The summed E-state index contributed by atoms with van der Waals surface area (Å²) in [6.07, 6.45) is 10.9. The lowest BCUT2D eigenvalue weighted by molar-refractivity contribution is 0.0551. The summed E-state index contributed by atoms with van der Waals surface area (Å²) in [5, 5.41) is 2.21. The zero-order chi connectivity index (χ0) is 18.0. The quantitative estimate of drug-likeness (QED) is 0.822. The first kappa shape index (κ1) is 18.4. The minimum atomic E-state index is 0.243. The van der Waals surface area contributed by atoms with E-state index in [9.17, 15) is 4.79 Å². The lowest BCUT2D eigenvalue weighted by atomic mass is 9.83. The van der Waals surface area contributed by atoms with Gasteiger partial charge in [0, 0.05) is 18.0 Å². The topological polar surface area (TPSA) is 25.2 Å². The predicted octanol–water partition coefficient (Wildman–Crippen LogP) is 2.84. The maximum Gasteiger partial charge on any atom is 0.258 e. The molecule has 0 saturated carbocycles. The Balaban J connectivity index is 2.24. The predicted molar refractivity (Wildman–Crippen MR) is 106 cm³/mol. The van der Waals surface area contributed by atoms with Crippen LogP contribution in [-0.4, -0.2) is 29.1 Å². The minimum absolute atomic E-state index is 0.243. The highest BCUT2D eigenvalue weighted by Gasteiger charge is 2.35. The van der Waals surface area contributed by atoms with Gasteiger partial charge in [-0.25, -0.2) is 0 Å². The molecule has 1 aromatic rings. The molecule has 1 atom stereocenters. The molecular formula is C22H34N2O. The highest BCUT2D eigenvalue weighted by molar-refractivity contribution is 5.46. The van der Waals surface area contributed by atoms with Crippen LogP contribution in [0.2, 0.25) is 0 Å². The summed E-state index contributed by atoms with van der Waals surface area (Å²) in [7, 11) is 0. The van der Waals surface area contributed by atoms with E-state index < -0.39 is 0 Å². The first-order chi connectivity index (χ1) is 12.1.